The first kappa shape index (κ1) is 16.0. The van der Waals surface area contributed by atoms with Gasteiger partial charge >= 0.3 is 12.3 Å². The highest BCUT2D eigenvalue weighted by molar-refractivity contribution is 6.44. The second-order valence-electron chi connectivity index (χ2n) is 3.35. The first-order valence-corrected chi connectivity index (χ1v) is 5.23. The van der Waals surface area contributed by atoms with Crippen LogP contribution in [-0.2, 0) is 0 Å². The van der Waals surface area contributed by atoms with Crippen LogP contribution in [0.5, 0.6) is 5.75 Å². The highest BCUT2D eigenvalue weighted by atomic mass is 35.5. The molecule has 0 heterocycles. The molecule has 1 aromatic rings. The van der Waals surface area contributed by atoms with Gasteiger partial charge < -0.3 is 10.5 Å². The van der Waals surface area contributed by atoms with Crippen LogP contribution in [0.3, 0.4) is 0 Å². The van der Waals surface area contributed by atoms with Crippen molar-refractivity contribution in [1.82, 2.24) is 0 Å². The van der Waals surface area contributed by atoms with Crippen molar-refractivity contribution in [2.45, 2.75) is 18.5 Å². The van der Waals surface area contributed by atoms with Gasteiger partial charge in [0.1, 0.15) is 10.8 Å². The van der Waals surface area contributed by atoms with Gasteiger partial charge in [0.15, 0.2) is 0 Å². The van der Waals surface area contributed by atoms with Crippen molar-refractivity contribution >= 4 is 28.9 Å². The average Bonchev–Trinajstić information content (AvgIpc) is 2.28. The lowest BCUT2D eigenvalue weighted by Gasteiger charge is -2.23. The highest BCUT2D eigenvalue weighted by Crippen LogP contribution is 2.41. The van der Waals surface area contributed by atoms with Crippen molar-refractivity contribution in [3.05, 3.63) is 22.2 Å². The Balaban J connectivity index is 3.06. The lowest BCUT2D eigenvalue weighted by Crippen LogP contribution is -2.45. The van der Waals surface area contributed by atoms with Crippen molar-refractivity contribution < 1.29 is 31.1 Å². The van der Waals surface area contributed by atoms with Gasteiger partial charge in [-0.3, -0.25) is 0 Å². The van der Waals surface area contributed by atoms with Gasteiger partial charge in [-0.05, 0) is 12.1 Å². The summed E-state index contributed by atoms with van der Waals surface area (Å²) in [5, 5.41) is -1.03. The van der Waals surface area contributed by atoms with Crippen LogP contribution in [0.15, 0.2) is 12.1 Å². The Morgan fingerprint density at radius 2 is 1.58 bits per heavy atom. The highest BCUT2D eigenvalue weighted by Gasteiger charge is 2.59. The van der Waals surface area contributed by atoms with Gasteiger partial charge in [0.2, 0.25) is 0 Å². The van der Waals surface area contributed by atoms with Gasteiger partial charge in [-0.2, -0.15) is 22.0 Å². The molecule has 1 unspecified atom stereocenters. The fraction of sp³-hybridized carbons (Fsp3) is 0.333. The predicted octanol–water partition coefficient (Wildman–Crippen LogP) is 4.45. The van der Waals surface area contributed by atoms with E-state index in [1.54, 1.807) is 0 Å². The molecule has 2 nitrogen and oxygen atoms in total. The summed E-state index contributed by atoms with van der Waals surface area (Å²) in [6.07, 6.45) is -15.4. The number of halogens is 8. The summed E-state index contributed by atoms with van der Waals surface area (Å²) in [5.41, 5.74) is 5.17. The molecule has 1 aromatic carbocycles. The van der Waals surface area contributed by atoms with E-state index < -0.39 is 34.3 Å². The maximum atomic E-state index is 13.0. The molecule has 0 aliphatic rings. The monoisotopic (exact) mass is 327 g/mol. The van der Waals surface area contributed by atoms with E-state index in [1.807, 2.05) is 0 Å². The van der Waals surface area contributed by atoms with Crippen LogP contribution >= 0.6 is 23.2 Å². The van der Waals surface area contributed by atoms with Crippen molar-refractivity contribution in [3.8, 4) is 5.75 Å². The van der Waals surface area contributed by atoms with Crippen molar-refractivity contribution in [2.24, 2.45) is 0 Å². The van der Waals surface area contributed by atoms with E-state index >= 15 is 0 Å². The zero-order valence-corrected chi connectivity index (χ0v) is 10.3. The van der Waals surface area contributed by atoms with Crippen LogP contribution in [0.1, 0.15) is 0 Å². The van der Waals surface area contributed by atoms with E-state index in [4.69, 9.17) is 28.9 Å². The summed E-state index contributed by atoms with van der Waals surface area (Å²) in [7, 11) is 0. The van der Waals surface area contributed by atoms with Gasteiger partial charge in [-0.25, -0.2) is 4.39 Å². The van der Waals surface area contributed by atoms with Gasteiger partial charge in [0.25, 0.3) is 6.17 Å². The van der Waals surface area contributed by atoms with Crippen LogP contribution in [0.2, 0.25) is 10.0 Å². The molecule has 1 atom stereocenters. The third-order valence-electron chi connectivity index (χ3n) is 1.91. The minimum absolute atomic E-state index is 0.102. The standard InChI is InChI=1S/C9H5Cl2F6NO/c10-5-3(18)1-2-4(6(5)11)19-9(16,17)7(12)8(13,14)15/h1-2,7H,18H2. The Bertz CT molecular complexity index is 479. The molecule has 0 amide bonds. The van der Waals surface area contributed by atoms with Gasteiger partial charge in [0.05, 0.1) is 10.7 Å². The number of ether oxygens (including phenoxy) is 1. The summed E-state index contributed by atoms with van der Waals surface area (Å²) in [4.78, 5) is 0. The molecule has 0 bridgehead atoms. The number of rotatable bonds is 3. The summed E-state index contributed by atoms with van der Waals surface area (Å²) >= 11 is 10.9. The summed E-state index contributed by atoms with van der Waals surface area (Å²) in [5.74, 6) is -0.919. The van der Waals surface area contributed by atoms with Crippen molar-refractivity contribution in [1.29, 1.82) is 0 Å². The van der Waals surface area contributed by atoms with Crippen molar-refractivity contribution in [2.75, 3.05) is 5.73 Å². The lowest BCUT2D eigenvalue weighted by atomic mass is 10.3. The Hall–Kier alpha value is -1.02. The summed E-state index contributed by atoms with van der Waals surface area (Å²) in [6.45, 7) is 0. The van der Waals surface area contributed by atoms with Gasteiger partial charge in [-0.1, -0.05) is 23.2 Å². The topological polar surface area (TPSA) is 35.2 Å². The fourth-order valence-corrected chi connectivity index (χ4v) is 1.38. The zero-order chi connectivity index (χ0) is 15.0. The number of anilines is 1. The van der Waals surface area contributed by atoms with Crippen molar-refractivity contribution in [3.63, 3.8) is 0 Å². The molecule has 0 aliphatic heterocycles. The molecule has 108 valence electrons. The molecule has 0 saturated carbocycles. The first-order valence-electron chi connectivity index (χ1n) is 4.48. The average molecular weight is 328 g/mol. The normalized spacial score (nSPS) is 14.3. The van der Waals surface area contributed by atoms with Crippen LogP contribution in [0.4, 0.5) is 32.0 Å². The van der Waals surface area contributed by atoms with E-state index in [2.05, 4.69) is 4.74 Å². The largest absolute Gasteiger partial charge is 0.439 e. The van der Waals surface area contributed by atoms with Crippen LogP contribution in [-0.4, -0.2) is 18.5 Å². The second-order valence-corrected chi connectivity index (χ2v) is 4.10. The van der Waals surface area contributed by atoms with Gasteiger partial charge in [0, 0.05) is 0 Å². The minimum Gasteiger partial charge on any atom is -0.428 e. The first-order chi connectivity index (χ1) is 8.47. The molecule has 0 fully saturated rings. The third-order valence-corrected chi connectivity index (χ3v) is 2.78. The van der Waals surface area contributed by atoms with Crippen LogP contribution in [0, 0.1) is 0 Å². The summed E-state index contributed by atoms with van der Waals surface area (Å²) in [6, 6.07) is 1.72. The number of benzene rings is 1. The number of alkyl halides is 6. The van der Waals surface area contributed by atoms with E-state index in [0.29, 0.717) is 0 Å². The number of nitrogen functional groups attached to an aromatic ring is 1. The molecule has 0 aliphatic carbocycles. The lowest BCUT2D eigenvalue weighted by molar-refractivity contribution is -0.304. The molecular formula is C9H5Cl2F6NO. The van der Waals surface area contributed by atoms with E-state index in [1.165, 1.54) is 0 Å². The van der Waals surface area contributed by atoms with Gasteiger partial charge in [-0.15, -0.1) is 0 Å². The maximum absolute atomic E-state index is 13.0. The second kappa shape index (κ2) is 5.16. The van der Waals surface area contributed by atoms with Crippen LogP contribution in [0.25, 0.3) is 0 Å². The fourth-order valence-electron chi connectivity index (χ4n) is 1.01. The number of nitrogens with two attached hydrogens (primary N) is 1. The maximum Gasteiger partial charge on any atom is 0.439 e. The molecule has 10 heteroatoms. The Kier molecular flexibility index (Phi) is 4.36. The SMILES string of the molecule is Nc1ccc(OC(F)(F)C(F)C(F)(F)F)c(Cl)c1Cl. The molecule has 0 radical (unpaired) electrons. The number of hydrogen-bond donors (Lipinski definition) is 1. The predicted molar refractivity (Wildman–Crippen MR) is 57.4 cm³/mol. The molecule has 1 rings (SSSR count). The Labute approximate surface area is 113 Å². The smallest absolute Gasteiger partial charge is 0.428 e. The molecule has 0 spiro atoms. The van der Waals surface area contributed by atoms with E-state index in [-0.39, 0.29) is 5.69 Å². The molecule has 19 heavy (non-hydrogen) atoms. The third kappa shape index (κ3) is 3.50. The van der Waals surface area contributed by atoms with Crippen LogP contribution < -0.4 is 10.5 Å². The summed E-state index contributed by atoms with van der Waals surface area (Å²) < 4.78 is 77.8. The Morgan fingerprint density at radius 3 is 2.05 bits per heavy atom. The van der Waals surface area contributed by atoms with E-state index in [9.17, 15) is 26.3 Å². The Morgan fingerprint density at radius 1 is 1.05 bits per heavy atom. The molecule has 0 saturated heterocycles. The molecule has 2 N–H and O–H groups in total. The zero-order valence-electron chi connectivity index (χ0n) is 8.74. The minimum atomic E-state index is -5.78. The number of hydrogen-bond acceptors (Lipinski definition) is 2. The molecular weight excluding hydrogens is 323 g/mol. The molecule has 0 aromatic heterocycles. The van der Waals surface area contributed by atoms with E-state index in [0.717, 1.165) is 12.1 Å². The quantitative estimate of drug-likeness (QED) is 0.657.